The van der Waals surface area contributed by atoms with Gasteiger partial charge >= 0.3 is 0 Å². The number of hydrogen-bond donors (Lipinski definition) is 2. The van der Waals surface area contributed by atoms with Crippen LogP contribution >= 0.6 is 22.7 Å². The van der Waals surface area contributed by atoms with Crippen molar-refractivity contribution in [1.29, 1.82) is 0 Å². The first kappa shape index (κ1) is 23.8. The Kier molecular flexibility index (Phi) is 5.86. The number of aromatic nitrogens is 2. The lowest BCUT2D eigenvalue weighted by Gasteiger charge is -2.10. The second-order valence-corrected chi connectivity index (χ2v) is 10.1. The zero-order chi connectivity index (χ0) is 26.4. The fraction of sp³-hybridized carbons (Fsp3) is 0. The molecule has 0 aliphatic heterocycles. The van der Waals surface area contributed by atoms with Crippen molar-refractivity contribution in [2.45, 2.75) is 0 Å². The number of halogens is 2. The third kappa shape index (κ3) is 3.98. The highest BCUT2D eigenvalue weighted by Crippen LogP contribution is 2.42. The first-order valence-electron chi connectivity index (χ1n) is 11.1. The summed E-state index contributed by atoms with van der Waals surface area (Å²) in [6.07, 6.45) is 2.93. The normalized spacial score (nSPS) is 11.2. The third-order valence-corrected chi connectivity index (χ3v) is 7.61. The van der Waals surface area contributed by atoms with Crippen molar-refractivity contribution in [1.82, 2.24) is 9.97 Å². The average molecular weight is 547 g/mol. The predicted octanol–water partition coefficient (Wildman–Crippen LogP) is 7.13. The lowest BCUT2D eigenvalue weighted by atomic mass is 9.97. The van der Waals surface area contributed by atoms with Crippen LogP contribution in [-0.2, 0) is 0 Å². The van der Waals surface area contributed by atoms with Gasteiger partial charge in [0.1, 0.15) is 23.0 Å². The number of nitrogens with zero attached hydrogens (tertiary/aromatic N) is 2. The number of ketones is 1. The Morgan fingerprint density at radius 3 is 1.53 bits per heavy atom. The summed E-state index contributed by atoms with van der Waals surface area (Å²) in [5.41, 5.74) is 12.1. The van der Waals surface area contributed by atoms with E-state index in [1.165, 1.54) is 48.9 Å². The molecule has 0 saturated carbocycles. The number of rotatable bonds is 6. The summed E-state index contributed by atoms with van der Waals surface area (Å²) in [7, 11) is 0. The van der Waals surface area contributed by atoms with Gasteiger partial charge in [-0.25, -0.2) is 18.7 Å². The summed E-state index contributed by atoms with van der Waals surface area (Å²) in [6, 6.07) is 15.4. The number of thiazole rings is 2. The average Bonchev–Trinajstić information content (AvgIpc) is 3.71. The number of anilines is 2. The van der Waals surface area contributed by atoms with Crippen LogP contribution in [0.1, 0.15) is 15.9 Å². The van der Waals surface area contributed by atoms with Crippen LogP contribution in [-0.4, -0.2) is 15.8 Å². The maximum atomic E-state index is 15.9. The molecular weight excluding hydrogens is 530 g/mol. The number of benzene rings is 2. The first-order chi connectivity index (χ1) is 18.4. The van der Waals surface area contributed by atoms with Crippen LogP contribution in [0.15, 0.2) is 82.0 Å². The zero-order valence-corrected chi connectivity index (χ0v) is 20.9. The van der Waals surface area contributed by atoms with Crippen LogP contribution in [0.3, 0.4) is 0 Å². The Morgan fingerprint density at radius 1 is 0.684 bits per heavy atom. The van der Waals surface area contributed by atoms with Gasteiger partial charge in [-0.15, -0.1) is 0 Å². The molecule has 0 atom stereocenters. The zero-order valence-electron chi connectivity index (χ0n) is 19.3. The molecule has 0 unspecified atom stereocenters. The van der Waals surface area contributed by atoms with E-state index in [2.05, 4.69) is 9.97 Å². The summed E-state index contributed by atoms with van der Waals surface area (Å²) < 4.78 is 42.6. The molecule has 0 aliphatic rings. The molecule has 0 radical (unpaired) electrons. The lowest BCUT2D eigenvalue weighted by molar-refractivity contribution is 0.103. The molecular formula is C27H16F2N4O3S2. The Morgan fingerprint density at radius 2 is 1.13 bits per heavy atom. The molecule has 6 aromatic rings. The number of nitrogens with two attached hydrogens (primary N) is 2. The van der Waals surface area contributed by atoms with Crippen LogP contribution in [0.25, 0.3) is 43.8 Å². The van der Waals surface area contributed by atoms with Gasteiger partial charge in [0, 0.05) is 11.1 Å². The first-order valence-corrected chi connectivity index (χ1v) is 12.8. The predicted molar refractivity (Wildman–Crippen MR) is 143 cm³/mol. The standard InChI is InChI=1S/C27H16F2N4O3S2/c28-19-13(5-1-7-15(19)24-21(32-26(30)37-24)17-9-3-11-35-17)23(34)14-6-2-8-16(20(14)29)25-22(33-27(31)38-25)18-10-4-12-36-18/h1-12H,(H2,30,32)(H2,31,33). The molecule has 0 spiro atoms. The second kappa shape index (κ2) is 9.36. The fourth-order valence-corrected chi connectivity index (χ4v) is 5.82. The van der Waals surface area contributed by atoms with Gasteiger partial charge in [0.05, 0.1) is 33.4 Å². The monoisotopic (exact) mass is 546 g/mol. The largest absolute Gasteiger partial charge is 0.463 e. The van der Waals surface area contributed by atoms with Crippen LogP contribution in [0.5, 0.6) is 0 Å². The minimum Gasteiger partial charge on any atom is -0.463 e. The highest BCUT2D eigenvalue weighted by molar-refractivity contribution is 7.19. The molecule has 7 nitrogen and oxygen atoms in total. The van der Waals surface area contributed by atoms with Gasteiger partial charge in [0.25, 0.3) is 0 Å². The van der Waals surface area contributed by atoms with Gasteiger partial charge in [0.2, 0.25) is 0 Å². The molecule has 11 heteroatoms. The molecule has 38 heavy (non-hydrogen) atoms. The summed E-state index contributed by atoms with van der Waals surface area (Å²) in [5, 5.41) is 0.412. The highest BCUT2D eigenvalue weighted by Gasteiger charge is 2.26. The summed E-state index contributed by atoms with van der Waals surface area (Å²) in [5.74, 6) is -1.66. The van der Waals surface area contributed by atoms with Crippen molar-refractivity contribution in [3.63, 3.8) is 0 Å². The fourth-order valence-electron chi connectivity index (χ4n) is 4.11. The molecule has 2 aromatic carbocycles. The van der Waals surface area contributed by atoms with E-state index in [0.717, 1.165) is 22.7 Å². The third-order valence-electron chi connectivity index (χ3n) is 5.77. The lowest BCUT2D eigenvalue weighted by Crippen LogP contribution is -2.08. The maximum absolute atomic E-state index is 15.9. The van der Waals surface area contributed by atoms with E-state index in [-0.39, 0.29) is 32.5 Å². The smallest absolute Gasteiger partial charge is 0.198 e. The van der Waals surface area contributed by atoms with E-state index < -0.39 is 17.4 Å². The van der Waals surface area contributed by atoms with E-state index in [0.29, 0.717) is 32.7 Å². The van der Waals surface area contributed by atoms with Crippen molar-refractivity contribution in [3.8, 4) is 43.8 Å². The number of hydrogen-bond acceptors (Lipinski definition) is 9. The Hall–Kier alpha value is -4.61. The Bertz CT molecular complexity index is 1660. The van der Waals surface area contributed by atoms with Gasteiger partial charge in [-0.1, -0.05) is 46.9 Å². The van der Waals surface area contributed by atoms with E-state index in [1.807, 2.05) is 0 Å². The SMILES string of the molecule is Nc1nc(-c2ccco2)c(-c2cccc(C(=O)c3cccc(-c4sc(N)nc4-c4ccco4)c3F)c2F)s1. The molecule has 0 aliphatic carbocycles. The second-order valence-electron chi connectivity index (χ2n) is 8.08. The Balaban J connectivity index is 1.44. The van der Waals surface area contributed by atoms with E-state index in [4.69, 9.17) is 20.3 Å². The van der Waals surface area contributed by atoms with E-state index in [9.17, 15) is 4.79 Å². The van der Waals surface area contributed by atoms with Crippen molar-refractivity contribution in [3.05, 3.63) is 96.0 Å². The number of nitrogen functional groups attached to an aromatic ring is 2. The molecule has 6 rings (SSSR count). The Labute approximate surface area is 222 Å². The molecule has 0 fully saturated rings. The van der Waals surface area contributed by atoms with Crippen molar-refractivity contribution in [2.75, 3.05) is 11.5 Å². The van der Waals surface area contributed by atoms with Crippen molar-refractivity contribution >= 4 is 38.7 Å². The van der Waals surface area contributed by atoms with Crippen LogP contribution in [0.4, 0.5) is 19.0 Å². The highest BCUT2D eigenvalue weighted by atomic mass is 32.1. The quantitative estimate of drug-likeness (QED) is 0.213. The minimum absolute atomic E-state index is 0.100. The number of carbonyl (C=O) groups is 1. The molecule has 0 saturated heterocycles. The summed E-state index contributed by atoms with van der Waals surface area (Å²) in [6.45, 7) is 0. The van der Waals surface area contributed by atoms with E-state index in [1.54, 1.807) is 24.3 Å². The molecule has 0 bridgehead atoms. The van der Waals surface area contributed by atoms with Gasteiger partial charge in [0.15, 0.2) is 27.6 Å². The summed E-state index contributed by atoms with van der Waals surface area (Å²) in [4.78, 5) is 22.8. The topological polar surface area (TPSA) is 121 Å². The van der Waals surface area contributed by atoms with E-state index >= 15 is 8.78 Å². The van der Waals surface area contributed by atoms with Crippen molar-refractivity contribution in [2.24, 2.45) is 0 Å². The van der Waals surface area contributed by atoms with Gasteiger partial charge in [-0.3, -0.25) is 4.79 Å². The molecule has 4 heterocycles. The summed E-state index contributed by atoms with van der Waals surface area (Å²) >= 11 is 2.11. The minimum atomic E-state index is -0.822. The molecule has 0 amide bonds. The van der Waals surface area contributed by atoms with Crippen LogP contribution in [0.2, 0.25) is 0 Å². The van der Waals surface area contributed by atoms with Crippen LogP contribution < -0.4 is 11.5 Å². The molecule has 4 aromatic heterocycles. The maximum Gasteiger partial charge on any atom is 0.198 e. The van der Waals surface area contributed by atoms with Crippen LogP contribution in [0, 0.1) is 11.6 Å². The molecule has 4 N–H and O–H groups in total. The molecule has 188 valence electrons. The number of carbonyl (C=O) groups excluding carboxylic acids is 1. The number of furan rings is 2. The van der Waals surface area contributed by atoms with Gasteiger partial charge in [-0.2, -0.15) is 0 Å². The van der Waals surface area contributed by atoms with Gasteiger partial charge < -0.3 is 20.3 Å². The van der Waals surface area contributed by atoms with Crippen molar-refractivity contribution < 1.29 is 22.4 Å². The van der Waals surface area contributed by atoms with Gasteiger partial charge in [-0.05, 0) is 36.4 Å².